The third-order valence-corrected chi connectivity index (χ3v) is 5.93. The largest absolute Gasteiger partial charge is 0.492 e. The molecule has 0 radical (unpaired) electrons. The molecule has 4 unspecified atom stereocenters. The van der Waals surface area contributed by atoms with Gasteiger partial charge >= 0.3 is 0 Å². The Bertz CT molecular complexity index is 490. The molecule has 0 amide bonds. The number of halogens is 1. The first-order valence-electron chi connectivity index (χ1n) is 8.32. The lowest BCUT2D eigenvalue weighted by molar-refractivity contribution is 0.259. The lowest BCUT2D eigenvalue weighted by Gasteiger charge is -2.31. The summed E-state index contributed by atoms with van der Waals surface area (Å²) in [4.78, 5) is 0. The monoisotopic (exact) mass is 351 g/mol. The van der Waals surface area contributed by atoms with Gasteiger partial charge in [0.1, 0.15) is 5.75 Å². The third-order valence-electron chi connectivity index (χ3n) is 5.31. The van der Waals surface area contributed by atoms with E-state index in [1.54, 1.807) is 0 Å². The highest BCUT2D eigenvalue weighted by atomic mass is 79.9. The molecule has 3 rings (SSSR count). The molecule has 2 saturated carbocycles. The second-order valence-electron chi connectivity index (χ2n) is 6.64. The van der Waals surface area contributed by atoms with E-state index >= 15 is 0 Å². The quantitative estimate of drug-likeness (QED) is 0.783. The van der Waals surface area contributed by atoms with Gasteiger partial charge in [-0.1, -0.05) is 19.4 Å². The summed E-state index contributed by atoms with van der Waals surface area (Å²) in [5.41, 5.74) is 1.39. The summed E-state index contributed by atoms with van der Waals surface area (Å²) >= 11 is 3.67. The molecule has 21 heavy (non-hydrogen) atoms. The molecule has 0 aromatic heterocycles. The van der Waals surface area contributed by atoms with Crippen LogP contribution in [-0.4, -0.2) is 13.7 Å². The lowest BCUT2D eigenvalue weighted by atomic mass is 9.80. The van der Waals surface area contributed by atoms with Gasteiger partial charge in [0.05, 0.1) is 11.1 Å². The molecular weight excluding hydrogens is 326 g/mol. The van der Waals surface area contributed by atoms with Crippen LogP contribution in [0.1, 0.15) is 50.6 Å². The predicted molar refractivity (Wildman–Crippen MR) is 90.7 cm³/mol. The van der Waals surface area contributed by atoms with E-state index in [0.717, 1.165) is 41.0 Å². The van der Waals surface area contributed by atoms with Crippen LogP contribution in [-0.2, 0) is 0 Å². The summed E-state index contributed by atoms with van der Waals surface area (Å²) in [5.74, 6) is 3.69. The van der Waals surface area contributed by atoms with Gasteiger partial charge in [0, 0.05) is 6.04 Å². The number of benzene rings is 1. The zero-order valence-electron chi connectivity index (χ0n) is 13.1. The van der Waals surface area contributed by atoms with Crippen LogP contribution in [0.5, 0.6) is 5.75 Å². The van der Waals surface area contributed by atoms with Gasteiger partial charge in [-0.15, -0.1) is 0 Å². The van der Waals surface area contributed by atoms with Crippen molar-refractivity contribution < 1.29 is 4.74 Å². The van der Waals surface area contributed by atoms with Gasteiger partial charge in [0.15, 0.2) is 0 Å². The van der Waals surface area contributed by atoms with Crippen LogP contribution in [0, 0.1) is 17.8 Å². The summed E-state index contributed by atoms with van der Waals surface area (Å²) in [6.07, 6.45) is 6.81. The molecule has 2 aliphatic rings. The molecule has 4 atom stereocenters. The van der Waals surface area contributed by atoms with E-state index in [-0.39, 0.29) is 0 Å². The summed E-state index contributed by atoms with van der Waals surface area (Å²) < 4.78 is 6.84. The molecule has 1 aromatic rings. The second-order valence-corrected chi connectivity index (χ2v) is 7.50. The highest BCUT2D eigenvalue weighted by Crippen LogP contribution is 2.52. The Morgan fingerprint density at radius 1 is 1.33 bits per heavy atom. The molecule has 0 spiro atoms. The van der Waals surface area contributed by atoms with E-state index < -0.39 is 0 Å². The Labute approximate surface area is 136 Å². The third kappa shape index (κ3) is 3.14. The number of ether oxygens (including phenoxy) is 1. The summed E-state index contributed by atoms with van der Waals surface area (Å²) in [6, 6.07) is 7.09. The van der Waals surface area contributed by atoms with Crippen molar-refractivity contribution in [1.82, 2.24) is 5.32 Å². The van der Waals surface area contributed by atoms with Crippen LogP contribution < -0.4 is 10.1 Å². The van der Waals surface area contributed by atoms with E-state index in [1.165, 1.54) is 31.2 Å². The van der Waals surface area contributed by atoms with Gasteiger partial charge in [-0.2, -0.15) is 0 Å². The smallest absolute Gasteiger partial charge is 0.133 e. The van der Waals surface area contributed by atoms with Crippen molar-refractivity contribution in [2.45, 2.75) is 45.1 Å². The Balaban J connectivity index is 1.76. The number of fused-ring (bicyclic) bond motifs is 2. The second kappa shape index (κ2) is 6.70. The molecule has 0 saturated heterocycles. The van der Waals surface area contributed by atoms with Crippen molar-refractivity contribution in [3.8, 4) is 5.75 Å². The molecule has 1 N–H and O–H groups in total. The van der Waals surface area contributed by atoms with Gasteiger partial charge < -0.3 is 10.1 Å². The average Bonchev–Trinajstić information content (AvgIpc) is 3.10. The first kappa shape index (κ1) is 15.4. The van der Waals surface area contributed by atoms with Gasteiger partial charge in [0.2, 0.25) is 0 Å². The Hall–Kier alpha value is -0.540. The molecule has 3 heteroatoms. The highest BCUT2D eigenvalue weighted by molar-refractivity contribution is 9.10. The summed E-state index contributed by atoms with van der Waals surface area (Å²) in [6.45, 7) is 2.91. The molecule has 0 heterocycles. The molecule has 2 bridgehead atoms. The van der Waals surface area contributed by atoms with E-state index in [4.69, 9.17) is 4.74 Å². The van der Waals surface area contributed by atoms with Crippen molar-refractivity contribution in [3.05, 3.63) is 28.2 Å². The Morgan fingerprint density at radius 3 is 2.76 bits per heavy atom. The molecule has 1 aromatic carbocycles. The van der Waals surface area contributed by atoms with Crippen LogP contribution in [0.25, 0.3) is 0 Å². The maximum absolute atomic E-state index is 5.76. The fraction of sp³-hybridized carbons (Fsp3) is 0.667. The van der Waals surface area contributed by atoms with Crippen molar-refractivity contribution in [2.24, 2.45) is 17.8 Å². The van der Waals surface area contributed by atoms with Gasteiger partial charge in [0.25, 0.3) is 0 Å². The Kier molecular flexibility index (Phi) is 4.90. The molecule has 0 aliphatic heterocycles. The maximum Gasteiger partial charge on any atom is 0.133 e. The molecule has 2 aliphatic carbocycles. The van der Waals surface area contributed by atoms with Crippen LogP contribution in [0.4, 0.5) is 0 Å². The molecular formula is C18H26BrNO. The zero-order valence-corrected chi connectivity index (χ0v) is 14.7. The minimum absolute atomic E-state index is 0.483. The van der Waals surface area contributed by atoms with Crippen molar-refractivity contribution in [3.63, 3.8) is 0 Å². The number of hydrogen-bond donors (Lipinski definition) is 1. The van der Waals surface area contributed by atoms with Crippen LogP contribution in [0.3, 0.4) is 0 Å². The Morgan fingerprint density at radius 2 is 2.19 bits per heavy atom. The fourth-order valence-corrected chi connectivity index (χ4v) is 4.88. The predicted octanol–water partition coefficient (Wildman–Crippen LogP) is 4.93. The summed E-state index contributed by atoms with van der Waals surface area (Å²) in [5, 5.41) is 3.57. The fourth-order valence-electron chi connectivity index (χ4n) is 4.37. The van der Waals surface area contributed by atoms with E-state index in [1.807, 2.05) is 0 Å². The molecule has 2 nitrogen and oxygen atoms in total. The minimum Gasteiger partial charge on any atom is -0.492 e. The van der Waals surface area contributed by atoms with Crippen molar-refractivity contribution >= 4 is 15.9 Å². The SMILES string of the molecule is CCCOc1ccc(C(NC)C2CC3CCC2C3)cc1Br. The van der Waals surface area contributed by atoms with Gasteiger partial charge in [-0.25, -0.2) is 0 Å². The van der Waals surface area contributed by atoms with E-state index in [2.05, 4.69) is 53.4 Å². The van der Waals surface area contributed by atoms with Crippen LogP contribution in [0.2, 0.25) is 0 Å². The van der Waals surface area contributed by atoms with Crippen molar-refractivity contribution in [1.29, 1.82) is 0 Å². The average molecular weight is 352 g/mol. The van der Waals surface area contributed by atoms with Crippen molar-refractivity contribution in [2.75, 3.05) is 13.7 Å². The first-order chi connectivity index (χ1) is 10.2. The summed E-state index contributed by atoms with van der Waals surface area (Å²) in [7, 11) is 2.10. The normalized spacial score (nSPS) is 28.8. The number of rotatable bonds is 6. The van der Waals surface area contributed by atoms with Crippen LogP contribution in [0.15, 0.2) is 22.7 Å². The zero-order chi connectivity index (χ0) is 14.8. The first-order valence-corrected chi connectivity index (χ1v) is 9.11. The molecule has 116 valence electrons. The topological polar surface area (TPSA) is 21.3 Å². The number of hydrogen-bond acceptors (Lipinski definition) is 2. The minimum atomic E-state index is 0.483. The standard InChI is InChI=1S/C18H26BrNO/c1-3-8-21-17-7-6-14(11-16(17)19)18(20-2)15-10-12-4-5-13(15)9-12/h6-7,11-13,15,18,20H,3-5,8-10H2,1-2H3. The maximum atomic E-state index is 5.76. The van der Waals surface area contributed by atoms with Gasteiger partial charge in [-0.3, -0.25) is 0 Å². The highest BCUT2D eigenvalue weighted by Gasteiger charge is 2.43. The van der Waals surface area contributed by atoms with E-state index in [9.17, 15) is 0 Å². The number of nitrogens with one attached hydrogen (secondary N) is 1. The van der Waals surface area contributed by atoms with Gasteiger partial charge in [-0.05, 0) is 84.1 Å². The van der Waals surface area contributed by atoms with E-state index in [0.29, 0.717) is 6.04 Å². The van der Waals surface area contributed by atoms with Crippen LogP contribution >= 0.6 is 15.9 Å². The molecule has 2 fully saturated rings. The lowest BCUT2D eigenvalue weighted by Crippen LogP contribution is -2.29.